The van der Waals surface area contributed by atoms with Crippen LogP contribution in [0.2, 0.25) is 0 Å². The Morgan fingerprint density at radius 2 is 0.909 bits per heavy atom. The summed E-state index contributed by atoms with van der Waals surface area (Å²) in [6, 6.07) is 0.609. The second kappa shape index (κ2) is 21.8. The molecule has 196 valence electrons. The normalized spacial score (nSPS) is 16.0. The Hall–Kier alpha value is -0.660. The molecule has 1 heterocycles. The lowest BCUT2D eigenvalue weighted by Gasteiger charge is -2.35. The number of hydrogen-bond donors (Lipinski definition) is 0. The van der Waals surface area contributed by atoms with Crippen LogP contribution in [-0.2, 0) is 0 Å². The third kappa shape index (κ3) is 15.8. The van der Waals surface area contributed by atoms with E-state index in [1.165, 1.54) is 148 Å². The van der Waals surface area contributed by atoms with E-state index in [-0.39, 0.29) is 0 Å². The second-order valence-corrected chi connectivity index (χ2v) is 11.1. The number of unbranched alkanes of at least 4 members (excludes halogenated alkanes) is 19. The van der Waals surface area contributed by atoms with E-state index in [4.69, 9.17) is 0 Å². The van der Waals surface area contributed by atoms with Crippen LogP contribution in [0.5, 0.6) is 0 Å². The van der Waals surface area contributed by atoms with Crippen LogP contribution in [-0.4, -0.2) is 28.6 Å². The number of rotatable bonds is 24. The highest BCUT2D eigenvalue weighted by Gasteiger charge is 2.26. The molecule has 0 aromatic heterocycles. The molecule has 0 aliphatic carbocycles. The first-order valence-corrected chi connectivity index (χ1v) is 15.4. The van der Waals surface area contributed by atoms with Gasteiger partial charge in [0, 0.05) is 25.0 Å². The Morgan fingerprint density at radius 3 is 1.33 bits per heavy atom. The molecule has 1 aliphatic rings. The van der Waals surface area contributed by atoms with Crippen molar-refractivity contribution in [2.75, 3.05) is 6.54 Å². The summed E-state index contributed by atoms with van der Waals surface area (Å²) in [4.78, 5) is 5.23. The first-order chi connectivity index (χ1) is 16.2. The fraction of sp³-hybridized carbons (Fsp3) is 0.935. The van der Waals surface area contributed by atoms with Crippen molar-refractivity contribution in [1.29, 1.82) is 0 Å². The minimum Gasteiger partial charge on any atom is -0.356 e. The van der Waals surface area contributed by atoms with Crippen molar-refractivity contribution < 1.29 is 0 Å². The summed E-state index contributed by atoms with van der Waals surface area (Å²) in [6.45, 7) is 10.5. The molecule has 0 fully saturated rings. The molecule has 0 aromatic carbocycles. The molecule has 1 aliphatic heterocycles. The summed E-state index contributed by atoms with van der Waals surface area (Å²) >= 11 is 0. The molecule has 0 aromatic rings. The predicted octanol–water partition coefficient (Wildman–Crippen LogP) is 10.4. The maximum atomic E-state index is 2.64. The summed E-state index contributed by atoms with van der Waals surface area (Å²) in [6.07, 6.45) is 36.8. The van der Waals surface area contributed by atoms with Crippen LogP contribution in [0.15, 0.2) is 12.4 Å². The Balaban J connectivity index is 1.98. The molecule has 0 N–H and O–H groups in total. The highest BCUT2D eigenvalue weighted by Crippen LogP contribution is 2.25. The Morgan fingerprint density at radius 1 is 0.515 bits per heavy atom. The molecule has 0 radical (unpaired) electrons. The van der Waals surface area contributed by atoms with Gasteiger partial charge in [0.1, 0.15) is 6.17 Å². The lowest BCUT2D eigenvalue weighted by Crippen LogP contribution is -2.42. The van der Waals surface area contributed by atoms with E-state index in [1.807, 2.05) is 0 Å². The molecule has 0 bridgehead atoms. The van der Waals surface area contributed by atoms with Crippen LogP contribution >= 0.6 is 0 Å². The fourth-order valence-electron chi connectivity index (χ4n) is 5.36. The van der Waals surface area contributed by atoms with E-state index in [9.17, 15) is 0 Å². The van der Waals surface area contributed by atoms with E-state index >= 15 is 0 Å². The second-order valence-electron chi connectivity index (χ2n) is 11.1. The number of hydrogen-bond acceptors (Lipinski definition) is 2. The SMILES string of the molecule is CCCCCCCCCCCCCCCCCCC1N(CCCCCCC)C=CN1C(C)C. The van der Waals surface area contributed by atoms with Gasteiger partial charge in [-0.05, 0) is 33.1 Å². The van der Waals surface area contributed by atoms with Crippen molar-refractivity contribution in [1.82, 2.24) is 9.80 Å². The van der Waals surface area contributed by atoms with Crippen molar-refractivity contribution in [3.8, 4) is 0 Å². The van der Waals surface area contributed by atoms with Crippen LogP contribution in [0.1, 0.15) is 169 Å². The predicted molar refractivity (Wildman–Crippen MR) is 150 cm³/mol. The van der Waals surface area contributed by atoms with Crippen molar-refractivity contribution in [2.45, 2.75) is 181 Å². The number of nitrogens with zero attached hydrogens (tertiary/aromatic N) is 2. The zero-order valence-corrected chi connectivity index (χ0v) is 23.5. The van der Waals surface area contributed by atoms with Gasteiger partial charge in [0.25, 0.3) is 0 Å². The zero-order chi connectivity index (χ0) is 24.0. The monoisotopic (exact) mass is 462 g/mol. The lowest BCUT2D eigenvalue weighted by molar-refractivity contribution is 0.114. The summed E-state index contributed by atoms with van der Waals surface area (Å²) in [5, 5.41) is 0. The van der Waals surface area contributed by atoms with Crippen LogP contribution in [0.3, 0.4) is 0 Å². The molecule has 2 nitrogen and oxygen atoms in total. The van der Waals surface area contributed by atoms with E-state index < -0.39 is 0 Å². The van der Waals surface area contributed by atoms with Gasteiger partial charge in [-0.2, -0.15) is 0 Å². The van der Waals surface area contributed by atoms with Gasteiger partial charge >= 0.3 is 0 Å². The van der Waals surface area contributed by atoms with Gasteiger partial charge in [0.2, 0.25) is 0 Å². The smallest absolute Gasteiger partial charge is 0.101 e. The minimum absolute atomic E-state index is 0.609. The standard InChI is InChI=1S/C31H62N2/c1-5-7-9-11-12-13-14-15-16-17-18-19-20-21-22-24-26-31-32(27-25-23-10-8-6-2)28-29-33(31)30(3)4/h28-31H,5-27H2,1-4H3. The van der Waals surface area contributed by atoms with Gasteiger partial charge in [0.15, 0.2) is 0 Å². The van der Waals surface area contributed by atoms with E-state index in [2.05, 4.69) is 49.9 Å². The quantitative estimate of drug-likeness (QED) is 0.132. The Kier molecular flexibility index (Phi) is 20.1. The molecule has 0 amide bonds. The fourth-order valence-corrected chi connectivity index (χ4v) is 5.36. The average Bonchev–Trinajstić information content (AvgIpc) is 3.21. The van der Waals surface area contributed by atoms with Crippen molar-refractivity contribution in [3.05, 3.63) is 12.4 Å². The third-order valence-electron chi connectivity index (χ3n) is 7.59. The molecule has 1 unspecified atom stereocenters. The lowest BCUT2D eigenvalue weighted by atomic mass is 10.0. The van der Waals surface area contributed by atoms with E-state index in [0.717, 1.165) is 0 Å². The molecule has 1 atom stereocenters. The van der Waals surface area contributed by atoms with E-state index in [1.54, 1.807) is 0 Å². The first kappa shape index (κ1) is 30.4. The highest BCUT2D eigenvalue weighted by atomic mass is 15.4. The maximum absolute atomic E-state index is 2.64. The molecule has 1 rings (SSSR count). The molecule has 2 heteroatoms. The largest absolute Gasteiger partial charge is 0.356 e. The van der Waals surface area contributed by atoms with Crippen LogP contribution in [0.25, 0.3) is 0 Å². The topological polar surface area (TPSA) is 6.48 Å². The van der Waals surface area contributed by atoms with Crippen LogP contribution in [0, 0.1) is 0 Å². The Labute approximate surface area is 210 Å². The van der Waals surface area contributed by atoms with Crippen LogP contribution < -0.4 is 0 Å². The molecular formula is C31H62N2. The van der Waals surface area contributed by atoms with Crippen molar-refractivity contribution >= 4 is 0 Å². The molecule has 0 spiro atoms. The van der Waals surface area contributed by atoms with Crippen molar-refractivity contribution in [2.24, 2.45) is 0 Å². The zero-order valence-electron chi connectivity index (χ0n) is 23.5. The van der Waals surface area contributed by atoms with Crippen LogP contribution in [0.4, 0.5) is 0 Å². The molecular weight excluding hydrogens is 400 g/mol. The van der Waals surface area contributed by atoms with Gasteiger partial charge in [-0.3, -0.25) is 0 Å². The molecule has 0 saturated heterocycles. The first-order valence-electron chi connectivity index (χ1n) is 15.4. The van der Waals surface area contributed by atoms with Crippen molar-refractivity contribution in [3.63, 3.8) is 0 Å². The maximum Gasteiger partial charge on any atom is 0.101 e. The summed E-state index contributed by atoms with van der Waals surface area (Å²) in [5.41, 5.74) is 0. The molecule has 33 heavy (non-hydrogen) atoms. The molecule has 0 saturated carbocycles. The average molecular weight is 463 g/mol. The Bertz CT molecular complexity index is 431. The van der Waals surface area contributed by atoms with Gasteiger partial charge in [-0.1, -0.05) is 136 Å². The summed E-state index contributed by atoms with van der Waals surface area (Å²) < 4.78 is 0. The highest BCUT2D eigenvalue weighted by molar-refractivity contribution is 4.98. The summed E-state index contributed by atoms with van der Waals surface area (Å²) in [7, 11) is 0. The summed E-state index contributed by atoms with van der Waals surface area (Å²) in [5.74, 6) is 0. The van der Waals surface area contributed by atoms with Gasteiger partial charge in [-0.25, -0.2) is 0 Å². The third-order valence-corrected chi connectivity index (χ3v) is 7.59. The van der Waals surface area contributed by atoms with Gasteiger partial charge < -0.3 is 9.80 Å². The minimum atomic E-state index is 0.609. The van der Waals surface area contributed by atoms with Gasteiger partial charge in [-0.15, -0.1) is 0 Å². The van der Waals surface area contributed by atoms with E-state index in [0.29, 0.717) is 12.2 Å². The van der Waals surface area contributed by atoms with Gasteiger partial charge in [0.05, 0.1) is 0 Å².